The SMILES string of the molecule is C=CC(=O)NOc1ccc(-c2cccc(C)c2)cc1. The molecule has 2 rings (SSSR count). The number of carbonyl (C=O) groups excluding carboxylic acids is 1. The average molecular weight is 253 g/mol. The molecular formula is C16H15NO2. The van der Waals surface area contributed by atoms with Gasteiger partial charge in [0.1, 0.15) is 0 Å². The van der Waals surface area contributed by atoms with Crippen LogP contribution in [0.4, 0.5) is 0 Å². The molecule has 1 N–H and O–H groups in total. The van der Waals surface area contributed by atoms with Crippen molar-refractivity contribution in [1.82, 2.24) is 5.48 Å². The Morgan fingerprint density at radius 2 is 1.89 bits per heavy atom. The van der Waals surface area contributed by atoms with E-state index in [1.807, 2.05) is 18.2 Å². The van der Waals surface area contributed by atoms with Crippen LogP contribution in [-0.4, -0.2) is 5.91 Å². The predicted octanol–water partition coefficient (Wildman–Crippen LogP) is 3.26. The maximum absolute atomic E-state index is 11.0. The summed E-state index contributed by atoms with van der Waals surface area (Å²) in [5.74, 6) is 0.203. The van der Waals surface area contributed by atoms with Crippen molar-refractivity contribution in [1.29, 1.82) is 0 Å². The first-order chi connectivity index (χ1) is 9.19. The molecule has 0 aliphatic carbocycles. The Kier molecular flexibility index (Phi) is 3.98. The molecule has 3 nitrogen and oxygen atoms in total. The van der Waals surface area contributed by atoms with E-state index in [1.165, 1.54) is 5.56 Å². The summed E-state index contributed by atoms with van der Waals surface area (Å²) in [6.07, 6.45) is 1.15. The van der Waals surface area contributed by atoms with Crippen molar-refractivity contribution in [3.8, 4) is 16.9 Å². The Morgan fingerprint density at radius 1 is 1.16 bits per heavy atom. The second-order valence-corrected chi connectivity index (χ2v) is 4.17. The van der Waals surface area contributed by atoms with E-state index in [4.69, 9.17) is 4.84 Å². The standard InChI is InChI=1S/C16H15NO2/c1-3-16(18)17-19-15-9-7-13(8-10-15)14-6-4-5-12(2)11-14/h3-11H,1H2,2H3,(H,17,18). The summed E-state index contributed by atoms with van der Waals surface area (Å²) in [4.78, 5) is 16.1. The molecule has 0 spiro atoms. The molecule has 0 saturated heterocycles. The van der Waals surface area contributed by atoms with Crippen LogP contribution in [0.1, 0.15) is 5.56 Å². The lowest BCUT2D eigenvalue weighted by atomic mass is 10.0. The van der Waals surface area contributed by atoms with Gasteiger partial charge in [0.15, 0.2) is 5.75 Å². The molecule has 0 atom stereocenters. The fourth-order valence-electron chi connectivity index (χ4n) is 1.69. The van der Waals surface area contributed by atoms with Gasteiger partial charge in [-0.2, -0.15) is 5.48 Å². The van der Waals surface area contributed by atoms with Gasteiger partial charge in [-0.05, 0) is 36.3 Å². The van der Waals surface area contributed by atoms with Crippen LogP contribution in [0.15, 0.2) is 61.2 Å². The minimum Gasteiger partial charge on any atom is -0.379 e. The van der Waals surface area contributed by atoms with Gasteiger partial charge >= 0.3 is 0 Å². The summed E-state index contributed by atoms with van der Waals surface area (Å²) in [5, 5.41) is 0. The van der Waals surface area contributed by atoms with Gasteiger partial charge in [0, 0.05) is 0 Å². The molecule has 96 valence electrons. The van der Waals surface area contributed by atoms with Crippen LogP contribution in [0, 0.1) is 6.92 Å². The molecule has 0 aliphatic rings. The molecule has 0 heterocycles. The zero-order chi connectivity index (χ0) is 13.7. The number of benzene rings is 2. The number of rotatable bonds is 4. The topological polar surface area (TPSA) is 38.3 Å². The van der Waals surface area contributed by atoms with Crippen molar-refractivity contribution in [2.24, 2.45) is 0 Å². The van der Waals surface area contributed by atoms with Crippen LogP contribution >= 0.6 is 0 Å². The molecule has 0 bridgehead atoms. The highest BCUT2D eigenvalue weighted by molar-refractivity contribution is 5.86. The fraction of sp³-hybridized carbons (Fsp3) is 0.0625. The Morgan fingerprint density at radius 3 is 2.53 bits per heavy atom. The third-order valence-corrected chi connectivity index (χ3v) is 2.66. The molecule has 1 amide bonds. The van der Waals surface area contributed by atoms with Gasteiger partial charge < -0.3 is 4.84 Å². The molecular weight excluding hydrogens is 238 g/mol. The Bertz CT molecular complexity index is 588. The zero-order valence-corrected chi connectivity index (χ0v) is 10.7. The third-order valence-electron chi connectivity index (χ3n) is 2.66. The maximum atomic E-state index is 11.0. The van der Waals surface area contributed by atoms with E-state index in [2.05, 4.69) is 37.2 Å². The summed E-state index contributed by atoms with van der Waals surface area (Å²) < 4.78 is 0. The Hall–Kier alpha value is -2.55. The minimum absolute atomic E-state index is 0.372. The van der Waals surface area contributed by atoms with E-state index in [0.29, 0.717) is 5.75 Å². The molecule has 2 aromatic carbocycles. The van der Waals surface area contributed by atoms with Crippen molar-refractivity contribution < 1.29 is 9.63 Å². The molecule has 19 heavy (non-hydrogen) atoms. The quantitative estimate of drug-likeness (QED) is 0.671. The first kappa shape index (κ1) is 12.9. The Labute approximate surface area is 112 Å². The Balaban J connectivity index is 2.10. The van der Waals surface area contributed by atoms with E-state index >= 15 is 0 Å². The first-order valence-electron chi connectivity index (χ1n) is 5.95. The van der Waals surface area contributed by atoms with Gasteiger partial charge in [-0.15, -0.1) is 0 Å². The third kappa shape index (κ3) is 3.45. The molecule has 0 fully saturated rings. The smallest absolute Gasteiger partial charge is 0.276 e. The number of nitrogens with one attached hydrogen (secondary N) is 1. The highest BCUT2D eigenvalue weighted by Crippen LogP contribution is 2.22. The normalized spacial score (nSPS) is 9.74. The lowest BCUT2D eigenvalue weighted by Crippen LogP contribution is -2.24. The van der Waals surface area contributed by atoms with E-state index in [0.717, 1.165) is 17.2 Å². The predicted molar refractivity (Wildman–Crippen MR) is 75.6 cm³/mol. The second-order valence-electron chi connectivity index (χ2n) is 4.17. The minimum atomic E-state index is -0.372. The molecule has 2 aromatic rings. The number of amides is 1. The zero-order valence-electron chi connectivity index (χ0n) is 10.7. The van der Waals surface area contributed by atoms with Gasteiger partial charge in [0.2, 0.25) is 0 Å². The van der Waals surface area contributed by atoms with Gasteiger partial charge in [0.05, 0.1) is 0 Å². The van der Waals surface area contributed by atoms with Gasteiger partial charge in [-0.25, -0.2) is 0 Å². The summed E-state index contributed by atoms with van der Waals surface area (Å²) in [7, 11) is 0. The fourth-order valence-corrected chi connectivity index (χ4v) is 1.69. The number of hydrogen-bond donors (Lipinski definition) is 1. The van der Waals surface area contributed by atoms with Crippen molar-refractivity contribution in [2.75, 3.05) is 0 Å². The van der Waals surface area contributed by atoms with Crippen LogP contribution in [0.25, 0.3) is 11.1 Å². The van der Waals surface area contributed by atoms with Crippen molar-refractivity contribution in [2.45, 2.75) is 6.92 Å². The van der Waals surface area contributed by atoms with Crippen LogP contribution in [0.3, 0.4) is 0 Å². The summed E-state index contributed by atoms with van der Waals surface area (Å²) in [6.45, 7) is 5.40. The number of aryl methyl sites for hydroxylation is 1. The first-order valence-corrected chi connectivity index (χ1v) is 5.95. The van der Waals surface area contributed by atoms with Crippen LogP contribution < -0.4 is 10.3 Å². The van der Waals surface area contributed by atoms with Gasteiger partial charge in [-0.3, -0.25) is 4.79 Å². The van der Waals surface area contributed by atoms with Gasteiger partial charge in [0.25, 0.3) is 5.91 Å². The lowest BCUT2D eigenvalue weighted by Gasteiger charge is -2.07. The van der Waals surface area contributed by atoms with Crippen molar-refractivity contribution in [3.63, 3.8) is 0 Å². The van der Waals surface area contributed by atoms with Crippen LogP contribution in [0.2, 0.25) is 0 Å². The average Bonchev–Trinajstić information content (AvgIpc) is 2.45. The number of hydrogen-bond acceptors (Lipinski definition) is 2. The van der Waals surface area contributed by atoms with E-state index in [9.17, 15) is 4.79 Å². The highest BCUT2D eigenvalue weighted by atomic mass is 16.7. The maximum Gasteiger partial charge on any atom is 0.276 e. The van der Waals surface area contributed by atoms with Crippen LogP contribution in [0.5, 0.6) is 5.75 Å². The largest absolute Gasteiger partial charge is 0.379 e. The molecule has 0 radical (unpaired) electrons. The summed E-state index contributed by atoms with van der Waals surface area (Å²) >= 11 is 0. The van der Waals surface area contributed by atoms with Crippen molar-refractivity contribution in [3.05, 3.63) is 66.7 Å². The van der Waals surface area contributed by atoms with Crippen LogP contribution in [-0.2, 0) is 4.79 Å². The molecule has 0 saturated carbocycles. The molecule has 0 aliphatic heterocycles. The molecule has 0 unspecified atom stereocenters. The monoisotopic (exact) mass is 253 g/mol. The molecule has 3 heteroatoms. The van der Waals surface area contributed by atoms with E-state index in [-0.39, 0.29) is 5.91 Å². The van der Waals surface area contributed by atoms with Gasteiger partial charge in [-0.1, -0.05) is 48.5 Å². The summed E-state index contributed by atoms with van der Waals surface area (Å²) in [6, 6.07) is 15.8. The number of carbonyl (C=O) groups is 1. The molecule has 0 aromatic heterocycles. The van der Waals surface area contributed by atoms with Crippen molar-refractivity contribution >= 4 is 5.91 Å². The van der Waals surface area contributed by atoms with E-state index in [1.54, 1.807) is 12.1 Å². The van der Waals surface area contributed by atoms with E-state index < -0.39 is 0 Å². The number of hydroxylamine groups is 1. The second kappa shape index (κ2) is 5.87. The summed E-state index contributed by atoms with van der Waals surface area (Å²) in [5.41, 5.74) is 5.74. The highest BCUT2D eigenvalue weighted by Gasteiger charge is 2.00. The lowest BCUT2D eigenvalue weighted by molar-refractivity contribution is -0.122.